The summed E-state index contributed by atoms with van der Waals surface area (Å²) in [6.45, 7) is 0.614. The number of benzene rings is 1. The Bertz CT molecular complexity index is 411. The fourth-order valence-corrected chi connectivity index (χ4v) is 1.37. The Labute approximate surface area is 92.0 Å². The highest BCUT2D eigenvalue weighted by molar-refractivity contribution is 5.50. The molecule has 2 rings (SSSR count). The summed E-state index contributed by atoms with van der Waals surface area (Å²) in [6.07, 6.45) is 5.50. The average Bonchev–Trinajstić information content (AvgIpc) is 3.04. The zero-order valence-corrected chi connectivity index (χ0v) is 8.64. The first kappa shape index (κ1) is 11.2. The molecule has 86 valence electrons. The summed E-state index contributed by atoms with van der Waals surface area (Å²) >= 11 is 0. The first-order chi connectivity index (χ1) is 7.66. The van der Waals surface area contributed by atoms with Crippen LogP contribution in [0.5, 0.6) is 0 Å². The smallest absolute Gasteiger partial charge is 0.161 e. The lowest BCUT2D eigenvalue weighted by atomic mass is 10.2. The van der Waals surface area contributed by atoms with Crippen LogP contribution in [-0.2, 0) is 0 Å². The van der Waals surface area contributed by atoms with Gasteiger partial charge in [-0.15, -0.1) is 0 Å². The Morgan fingerprint density at radius 1 is 1.12 bits per heavy atom. The molecule has 0 unspecified atom stereocenters. The molecule has 1 aliphatic carbocycles. The lowest BCUT2D eigenvalue weighted by Crippen LogP contribution is -2.15. The molecular weight excluding hydrogens is 215 g/mol. The summed E-state index contributed by atoms with van der Waals surface area (Å²) in [5.41, 5.74) is 0.0662. The molecular formula is C12H12F3N. The van der Waals surface area contributed by atoms with E-state index in [2.05, 4.69) is 5.32 Å². The minimum atomic E-state index is -1.16. The molecule has 0 atom stereocenters. The Morgan fingerprint density at radius 3 is 2.50 bits per heavy atom. The second-order valence-electron chi connectivity index (χ2n) is 3.87. The van der Waals surface area contributed by atoms with Crippen molar-refractivity contribution in [3.05, 3.63) is 41.2 Å². The molecule has 0 spiro atoms. The molecule has 1 aliphatic rings. The Morgan fingerprint density at radius 2 is 1.81 bits per heavy atom. The Hall–Kier alpha value is -1.29. The van der Waals surface area contributed by atoms with Crippen LogP contribution >= 0.6 is 0 Å². The zero-order valence-electron chi connectivity index (χ0n) is 8.64. The number of nitrogens with one attached hydrogen (secondary N) is 1. The minimum Gasteiger partial charge on any atom is -0.311 e. The van der Waals surface area contributed by atoms with Gasteiger partial charge in [-0.2, -0.15) is 0 Å². The highest BCUT2D eigenvalue weighted by Gasteiger charge is 2.18. The molecule has 0 heterocycles. The van der Waals surface area contributed by atoms with Crippen molar-refractivity contribution in [3.8, 4) is 0 Å². The van der Waals surface area contributed by atoms with Gasteiger partial charge in [0.2, 0.25) is 0 Å². The van der Waals surface area contributed by atoms with Crippen molar-refractivity contribution in [3.63, 3.8) is 0 Å². The van der Waals surface area contributed by atoms with Crippen molar-refractivity contribution < 1.29 is 13.2 Å². The fourth-order valence-electron chi connectivity index (χ4n) is 1.37. The van der Waals surface area contributed by atoms with E-state index in [9.17, 15) is 13.2 Å². The molecule has 16 heavy (non-hydrogen) atoms. The fraction of sp³-hybridized carbons (Fsp3) is 0.333. The van der Waals surface area contributed by atoms with E-state index in [1.165, 1.54) is 18.9 Å². The highest BCUT2D eigenvalue weighted by atomic mass is 19.2. The maximum atomic E-state index is 13.2. The largest absolute Gasteiger partial charge is 0.311 e. The van der Waals surface area contributed by atoms with Crippen molar-refractivity contribution >= 4 is 6.08 Å². The van der Waals surface area contributed by atoms with Crippen LogP contribution < -0.4 is 5.32 Å². The van der Waals surface area contributed by atoms with E-state index in [1.54, 1.807) is 6.08 Å². The Kier molecular flexibility index (Phi) is 3.29. The van der Waals surface area contributed by atoms with Crippen LogP contribution in [0.3, 0.4) is 0 Å². The molecule has 1 aromatic rings. The van der Waals surface area contributed by atoms with Crippen molar-refractivity contribution in [1.82, 2.24) is 5.32 Å². The SMILES string of the molecule is Fc1cc(F)c(/C=C/CNC2CC2)cc1F. The third-order valence-corrected chi connectivity index (χ3v) is 2.44. The van der Waals surface area contributed by atoms with Crippen LogP contribution in [-0.4, -0.2) is 12.6 Å². The van der Waals surface area contributed by atoms with E-state index in [0.717, 1.165) is 6.07 Å². The first-order valence-electron chi connectivity index (χ1n) is 5.21. The highest BCUT2D eigenvalue weighted by Crippen LogP contribution is 2.18. The van der Waals surface area contributed by atoms with Crippen LogP contribution in [0.4, 0.5) is 13.2 Å². The molecule has 1 saturated carbocycles. The van der Waals surface area contributed by atoms with E-state index in [-0.39, 0.29) is 5.56 Å². The molecule has 0 aliphatic heterocycles. The van der Waals surface area contributed by atoms with Crippen LogP contribution in [0.2, 0.25) is 0 Å². The van der Waals surface area contributed by atoms with Crippen LogP contribution in [0.1, 0.15) is 18.4 Å². The summed E-state index contributed by atoms with van der Waals surface area (Å²) in [5, 5.41) is 3.20. The normalized spacial score (nSPS) is 15.9. The van der Waals surface area contributed by atoms with Gasteiger partial charge in [-0.3, -0.25) is 0 Å². The van der Waals surface area contributed by atoms with Gasteiger partial charge in [0, 0.05) is 24.2 Å². The van der Waals surface area contributed by atoms with E-state index < -0.39 is 17.5 Å². The van der Waals surface area contributed by atoms with Gasteiger partial charge in [-0.1, -0.05) is 12.2 Å². The Balaban J connectivity index is 1.99. The summed E-state index contributed by atoms with van der Waals surface area (Å²) in [4.78, 5) is 0. The van der Waals surface area contributed by atoms with Gasteiger partial charge in [0.15, 0.2) is 11.6 Å². The van der Waals surface area contributed by atoms with Gasteiger partial charge < -0.3 is 5.32 Å². The van der Waals surface area contributed by atoms with Gasteiger partial charge in [0.25, 0.3) is 0 Å². The molecule has 1 fully saturated rings. The van der Waals surface area contributed by atoms with E-state index in [0.29, 0.717) is 18.7 Å². The third-order valence-electron chi connectivity index (χ3n) is 2.44. The molecule has 1 N–H and O–H groups in total. The van der Waals surface area contributed by atoms with Crippen molar-refractivity contribution in [2.45, 2.75) is 18.9 Å². The number of rotatable bonds is 4. The van der Waals surface area contributed by atoms with Gasteiger partial charge in [0.1, 0.15) is 5.82 Å². The first-order valence-corrected chi connectivity index (χ1v) is 5.21. The van der Waals surface area contributed by atoms with Crippen molar-refractivity contribution in [2.75, 3.05) is 6.54 Å². The maximum Gasteiger partial charge on any atom is 0.161 e. The lowest BCUT2D eigenvalue weighted by molar-refractivity contribution is 0.494. The zero-order chi connectivity index (χ0) is 11.5. The second-order valence-corrected chi connectivity index (χ2v) is 3.87. The van der Waals surface area contributed by atoms with E-state index >= 15 is 0 Å². The molecule has 0 amide bonds. The van der Waals surface area contributed by atoms with Crippen LogP contribution in [0.15, 0.2) is 18.2 Å². The topological polar surface area (TPSA) is 12.0 Å². The lowest BCUT2D eigenvalue weighted by Gasteiger charge is -1.99. The summed E-state index contributed by atoms with van der Waals surface area (Å²) in [7, 11) is 0. The van der Waals surface area contributed by atoms with Crippen molar-refractivity contribution in [2.24, 2.45) is 0 Å². The molecule has 0 saturated heterocycles. The monoisotopic (exact) mass is 227 g/mol. The van der Waals surface area contributed by atoms with Crippen LogP contribution in [0.25, 0.3) is 6.08 Å². The summed E-state index contributed by atoms with van der Waals surface area (Å²) < 4.78 is 38.6. The molecule has 0 aromatic heterocycles. The van der Waals surface area contributed by atoms with Gasteiger partial charge in [-0.05, 0) is 18.9 Å². The van der Waals surface area contributed by atoms with E-state index in [4.69, 9.17) is 0 Å². The molecule has 1 nitrogen and oxygen atoms in total. The minimum absolute atomic E-state index is 0.0662. The van der Waals surface area contributed by atoms with Gasteiger partial charge in [0.05, 0.1) is 0 Å². The van der Waals surface area contributed by atoms with Gasteiger partial charge >= 0.3 is 0 Å². The summed E-state index contributed by atoms with van der Waals surface area (Å²) in [6, 6.07) is 1.99. The number of hydrogen-bond acceptors (Lipinski definition) is 1. The molecule has 4 heteroatoms. The molecule has 0 bridgehead atoms. The summed E-state index contributed by atoms with van der Waals surface area (Å²) in [5.74, 6) is -2.94. The molecule has 0 radical (unpaired) electrons. The van der Waals surface area contributed by atoms with Gasteiger partial charge in [-0.25, -0.2) is 13.2 Å². The number of hydrogen-bond donors (Lipinski definition) is 1. The predicted molar refractivity (Wildman–Crippen MR) is 56.4 cm³/mol. The second kappa shape index (κ2) is 4.70. The average molecular weight is 227 g/mol. The van der Waals surface area contributed by atoms with Crippen molar-refractivity contribution in [1.29, 1.82) is 0 Å². The third kappa shape index (κ3) is 2.85. The van der Waals surface area contributed by atoms with Crippen LogP contribution in [0, 0.1) is 17.5 Å². The predicted octanol–water partition coefficient (Wildman–Crippen LogP) is 2.87. The standard InChI is InChI=1S/C12H12F3N/c13-10-7-12(15)11(14)6-8(10)2-1-5-16-9-3-4-9/h1-2,6-7,9,16H,3-5H2/b2-1+. The number of halogens is 3. The quantitative estimate of drug-likeness (QED) is 0.780. The molecule has 1 aromatic carbocycles. The maximum absolute atomic E-state index is 13.2. The van der Waals surface area contributed by atoms with E-state index in [1.807, 2.05) is 0 Å².